The number of hydrogen-bond acceptors (Lipinski definition) is 4. The number of allylic oxidation sites excluding steroid dienone is 12. The van der Waals surface area contributed by atoms with Crippen molar-refractivity contribution in [1.29, 1.82) is 0 Å². The molecular weight excluding hydrogens is 752 g/mol. The normalized spacial score (nSPS) is 16.9. The van der Waals surface area contributed by atoms with Gasteiger partial charge in [-0.25, -0.2) is 41.9 Å². The van der Waals surface area contributed by atoms with Crippen LogP contribution < -0.4 is 0 Å². The first-order chi connectivity index (χ1) is 28.8. The number of hydrogen-bond donors (Lipinski definition) is 0. The van der Waals surface area contributed by atoms with Crippen LogP contribution in [0.25, 0.3) is 27.9 Å². The maximum atomic E-state index is 16.3. The molecule has 0 radical (unpaired) electrons. The number of aliphatic imine (C=N–C) groups is 4. The van der Waals surface area contributed by atoms with Gasteiger partial charge >= 0.3 is 0 Å². The minimum atomic E-state index is -2.26. The second-order valence-corrected chi connectivity index (χ2v) is 14.0. The first-order valence-electron chi connectivity index (χ1n) is 18.7. The maximum absolute atomic E-state index is 16.3. The van der Waals surface area contributed by atoms with Crippen LogP contribution in [0.2, 0.25) is 0 Å². The largest absolute Gasteiger partial charge is 0.249 e. The van der Waals surface area contributed by atoms with E-state index in [9.17, 15) is 4.39 Å². The van der Waals surface area contributed by atoms with Gasteiger partial charge < -0.3 is 0 Å². The molecule has 9 heteroatoms. The average molecular weight is 779 g/mol. The fourth-order valence-electron chi connectivity index (χ4n) is 7.81. The Morgan fingerprint density at radius 2 is 0.780 bits per heavy atom. The lowest BCUT2D eigenvalue weighted by atomic mass is 9.84. The maximum Gasteiger partial charge on any atom is 0.200 e. The molecule has 0 saturated heterocycles. The molecule has 5 aromatic rings. The molecular formula is C50H27F5N4. The molecule has 8 bridgehead atoms. The molecule has 282 valence electrons. The van der Waals surface area contributed by atoms with Crippen molar-refractivity contribution in [3.63, 3.8) is 0 Å². The summed E-state index contributed by atoms with van der Waals surface area (Å²) >= 11 is 0. The highest BCUT2D eigenvalue weighted by Gasteiger charge is 2.38. The van der Waals surface area contributed by atoms with Crippen molar-refractivity contribution in [3.8, 4) is 0 Å². The van der Waals surface area contributed by atoms with Crippen molar-refractivity contribution < 1.29 is 22.0 Å². The van der Waals surface area contributed by atoms with Gasteiger partial charge in [-0.2, -0.15) is 0 Å². The van der Waals surface area contributed by atoms with Crippen LogP contribution in [0.4, 0.5) is 22.0 Å². The zero-order valence-electron chi connectivity index (χ0n) is 30.8. The number of rotatable bonds is 5. The fourth-order valence-corrected chi connectivity index (χ4v) is 7.81. The molecule has 0 N–H and O–H groups in total. The van der Waals surface area contributed by atoms with Crippen LogP contribution in [0.3, 0.4) is 0 Å². The molecule has 0 aliphatic carbocycles. The van der Waals surface area contributed by atoms with E-state index in [0.717, 1.165) is 22.3 Å². The van der Waals surface area contributed by atoms with Crippen LogP contribution in [0.1, 0.15) is 27.8 Å². The first kappa shape index (κ1) is 35.7. The zero-order chi connectivity index (χ0) is 40.2. The van der Waals surface area contributed by atoms with E-state index in [1.165, 1.54) is 6.08 Å². The van der Waals surface area contributed by atoms with Crippen LogP contribution in [0.5, 0.6) is 0 Å². The Balaban J connectivity index is 1.42. The Bertz CT molecular complexity index is 3000. The van der Waals surface area contributed by atoms with Crippen molar-refractivity contribution in [2.45, 2.75) is 0 Å². The van der Waals surface area contributed by atoms with Gasteiger partial charge in [-0.1, -0.05) is 121 Å². The van der Waals surface area contributed by atoms with Gasteiger partial charge in [0, 0.05) is 27.9 Å². The van der Waals surface area contributed by atoms with E-state index in [1.54, 1.807) is 48.6 Å². The van der Waals surface area contributed by atoms with Crippen molar-refractivity contribution in [3.05, 3.63) is 244 Å². The smallest absolute Gasteiger partial charge is 0.200 e. The lowest BCUT2D eigenvalue weighted by Crippen LogP contribution is -2.11. The van der Waals surface area contributed by atoms with Gasteiger partial charge in [-0.3, -0.25) is 0 Å². The van der Waals surface area contributed by atoms with E-state index in [-0.39, 0.29) is 22.6 Å². The van der Waals surface area contributed by atoms with Gasteiger partial charge in [0.05, 0.1) is 51.2 Å². The third kappa shape index (κ3) is 6.15. The van der Waals surface area contributed by atoms with Crippen molar-refractivity contribution in [1.82, 2.24) is 0 Å². The van der Waals surface area contributed by atoms with Gasteiger partial charge in [-0.15, -0.1) is 0 Å². The molecule has 0 unspecified atom stereocenters. The highest BCUT2D eigenvalue weighted by molar-refractivity contribution is 6.54. The molecule has 0 fully saturated rings. The molecule has 0 saturated carbocycles. The van der Waals surface area contributed by atoms with Gasteiger partial charge in [0.15, 0.2) is 23.3 Å². The standard InChI is InChI=1S/C50H27F5N4/c51-44-43(45(52)47(54)48(55)46(44)53)42-37-27-35-24-22-33(57-35)25-32-21-23-34(56-32)26-36-38(28-13-5-1-6-14-28)39(29-15-7-2-8-16-29)49(58-36)41(31-19-11-4-12-20-31)50(59-37)40(42)30-17-9-3-10-18-30/h1-27H. The van der Waals surface area contributed by atoms with Gasteiger partial charge in [0.25, 0.3) is 0 Å². The summed E-state index contributed by atoms with van der Waals surface area (Å²) in [6.07, 6.45) is 12.4. The highest BCUT2D eigenvalue weighted by Crippen LogP contribution is 2.50. The fraction of sp³-hybridized carbons (Fsp3) is 0. The van der Waals surface area contributed by atoms with Gasteiger partial charge in [0.2, 0.25) is 5.82 Å². The molecule has 4 nitrogen and oxygen atoms in total. The first-order valence-corrected chi connectivity index (χ1v) is 18.7. The summed E-state index contributed by atoms with van der Waals surface area (Å²) in [6, 6.07) is 37.5. The van der Waals surface area contributed by atoms with Crippen molar-refractivity contribution in [2.24, 2.45) is 20.0 Å². The monoisotopic (exact) mass is 778 g/mol. The topological polar surface area (TPSA) is 49.4 Å². The average Bonchev–Trinajstić information content (AvgIpc) is 4.08. The van der Waals surface area contributed by atoms with Crippen molar-refractivity contribution in [2.75, 3.05) is 0 Å². The van der Waals surface area contributed by atoms with E-state index < -0.39 is 34.6 Å². The SMILES string of the molecule is Fc1c(F)c(F)c(C2=C(c3ccccc3)C3=C(c4ccccc4)C4=NC(=CC5=NC(=CC6=NC(=CC2=N3)C=C6)C=C5)C(c2ccccc2)=C4c2ccccc2)c(F)c1F. The predicted molar refractivity (Wildman–Crippen MR) is 225 cm³/mol. The van der Waals surface area contributed by atoms with E-state index in [4.69, 9.17) is 20.0 Å². The summed E-state index contributed by atoms with van der Waals surface area (Å²) < 4.78 is 77.9. The van der Waals surface area contributed by atoms with Crippen LogP contribution >= 0.6 is 0 Å². The Morgan fingerprint density at radius 1 is 0.339 bits per heavy atom. The molecule has 0 aromatic heterocycles. The summed E-state index contributed by atoms with van der Waals surface area (Å²) in [5.74, 6) is -10.4. The van der Waals surface area contributed by atoms with Gasteiger partial charge in [-0.05, 0) is 64.8 Å². The quantitative estimate of drug-likeness (QED) is 0.0969. The molecule has 5 aliphatic rings. The second kappa shape index (κ2) is 14.4. The lowest BCUT2D eigenvalue weighted by molar-refractivity contribution is 0.376. The third-order valence-corrected chi connectivity index (χ3v) is 10.4. The summed E-state index contributed by atoms with van der Waals surface area (Å²) in [7, 11) is 0. The number of nitrogens with zero attached hydrogens (tertiary/aromatic N) is 4. The summed E-state index contributed by atoms with van der Waals surface area (Å²) in [5, 5.41) is 0. The Kier molecular flexibility index (Phi) is 8.71. The summed E-state index contributed by atoms with van der Waals surface area (Å²) in [6.45, 7) is 0. The molecule has 10 rings (SSSR count). The van der Waals surface area contributed by atoms with Crippen LogP contribution in [-0.4, -0.2) is 22.8 Å². The van der Waals surface area contributed by atoms with Crippen LogP contribution in [0, 0.1) is 29.1 Å². The molecule has 0 atom stereocenters. The lowest BCUT2D eigenvalue weighted by Gasteiger charge is -2.18. The minimum Gasteiger partial charge on any atom is -0.249 e. The number of fused-ring (bicyclic) bond motifs is 4. The minimum absolute atomic E-state index is 0.0659. The van der Waals surface area contributed by atoms with Crippen molar-refractivity contribution >= 4 is 50.7 Å². The number of halogens is 5. The van der Waals surface area contributed by atoms with E-state index in [1.807, 2.05) is 109 Å². The molecule has 0 amide bonds. The van der Waals surface area contributed by atoms with E-state index in [2.05, 4.69) is 0 Å². The Hall–Kier alpha value is -7.65. The highest BCUT2D eigenvalue weighted by atomic mass is 19.2. The second-order valence-electron chi connectivity index (χ2n) is 14.0. The summed E-state index contributed by atoms with van der Waals surface area (Å²) in [4.78, 5) is 20.2. The molecule has 5 aliphatic heterocycles. The van der Waals surface area contributed by atoms with Crippen LogP contribution in [0.15, 0.2) is 207 Å². The Labute approximate surface area is 335 Å². The zero-order valence-corrected chi connectivity index (χ0v) is 30.8. The van der Waals surface area contributed by atoms with Crippen LogP contribution in [-0.2, 0) is 0 Å². The van der Waals surface area contributed by atoms with E-state index >= 15 is 17.6 Å². The Morgan fingerprint density at radius 3 is 1.32 bits per heavy atom. The van der Waals surface area contributed by atoms with Gasteiger partial charge in [0.1, 0.15) is 0 Å². The predicted octanol–water partition coefficient (Wildman–Crippen LogP) is 11.9. The molecule has 59 heavy (non-hydrogen) atoms. The number of benzene rings is 5. The van der Waals surface area contributed by atoms with E-state index in [0.29, 0.717) is 50.9 Å². The summed E-state index contributed by atoms with van der Waals surface area (Å²) in [5.41, 5.74) is 6.78. The molecule has 5 aromatic carbocycles. The molecule has 5 heterocycles. The third-order valence-electron chi connectivity index (χ3n) is 10.4. The molecule has 0 spiro atoms.